The van der Waals surface area contributed by atoms with Crippen LogP contribution in [0.25, 0.3) is 0 Å². The molecule has 0 aliphatic heterocycles. The summed E-state index contributed by atoms with van der Waals surface area (Å²) in [7, 11) is -11.1. The van der Waals surface area contributed by atoms with E-state index >= 15 is 0 Å². The van der Waals surface area contributed by atoms with E-state index < -0.39 is 27.2 Å². The van der Waals surface area contributed by atoms with Gasteiger partial charge in [0.1, 0.15) is 0 Å². The Morgan fingerprint density at radius 1 is 0.867 bits per heavy atom. The van der Waals surface area contributed by atoms with Crippen molar-refractivity contribution in [3.8, 4) is 0 Å². The molecule has 15 heavy (non-hydrogen) atoms. The minimum atomic E-state index is -5.54. The Labute approximate surface area is 176 Å². The van der Waals surface area contributed by atoms with Crippen molar-refractivity contribution in [2.75, 3.05) is 6.61 Å². The Bertz CT molecular complexity index is 201. The maximum absolute atomic E-state index is 9.95. The van der Waals surface area contributed by atoms with Crippen molar-refractivity contribution in [2.24, 2.45) is 0 Å². The molecule has 7 nitrogen and oxygen atoms in total. The first-order chi connectivity index (χ1) is 4.69. The molecule has 0 aromatic carbocycles. The zero-order chi connectivity index (χ0) is 9.28. The number of aliphatic hydroxyl groups excluding tert-OH is 1. The summed E-state index contributed by atoms with van der Waals surface area (Å²) in [6.45, 7) is -1.49. The normalized spacial score (nSPS) is 10.3. The topological polar surface area (TPSA) is 147 Å². The second kappa shape index (κ2) is 13.3. The largest absolute Gasteiger partial charge is 1.00 e. The van der Waals surface area contributed by atoms with Crippen LogP contribution in [0.3, 0.4) is 0 Å². The summed E-state index contributed by atoms with van der Waals surface area (Å²) in [6.07, 6.45) is 0. The summed E-state index contributed by atoms with van der Waals surface area (Å²) in [5.41, 5.74) is 0. The van der Waals surface area contributed by atoms with Gasteiger partial charge in [-0.25, -0.2) is 0 Å². The number of hydrogen-bond acceptors (Lipinski definition) is 7. The Kier molecular flexibility index (Phi) is 27.9. The summed E-state index contributed by atoms with van der Waals surface area (Å²) in [6, 6.07) is 0. The van der Waals surface area contributed by atoms with Gasteiger partial charge in [-0.2, -0.15) is 0 Å². The van der Waals surface area contributed by atoms with Crippen LogP contribution in [0.15, 0.2) is 0 Å². The van der Waals surface area contributed by atoms with Crippen LogP contribution in [0, 0.1) is 0 Å². The van der Waals surface area contributed by atoms with Gasteiger partial charge < -0.3 is 33.8 Å². The fraction of sp³-hybridized carbons (Fsp3) is 1.00. The first-order valence-corrected chi connectivity index (χ1v) is 5.56. The first-order valence-electron chi connectivity index (χ1n) is 2.34. The van der Waals surface area contributed by atoms with E-state index in [4.69, 9.17) is 5.11 Å². The van der Waals surface area contributed by atoms with Gasteiger partial charge in [0.15, 0.2) is 0 Å². The monoisotopic (exact) mass is 294 g/mol. The SMILES string of the molecule is O=P([O-])([O-])C(CO)P(=O)([O-])[O-].[Na+].[Na+].[Na+].[Na+]. The molecule has 0 amide bonds. The Morgan fingerprint density at radius 2 is 1.07 bits per heavy atom. The molecule has 0 aliphatic rings. The fourth-order valence-electron chi connectivity index (χ4n) is 0.373. The molecule has 0 spiro atoms. The maximum atomic E-state index is 9.95. The van der Waals surface area contributed by atoms with Crippen LogP contribution in [0.2, 0.25) is 0 Å². The summed E-state index contributed by atoms with van der Waals surface area (Å²) in [5, 5.41) is 5.31. The molecular weight excluding hydrogens is 290 g/mol. The second-order valence-corrected chi connectivity index (χ2v) is 5.56. The van der Waals surface area contributed by atoms with Crippen LogP contribution in [-0.4, -0.2) is 17.1 Å². The van der Waals surface area contributed by atoms with Crippen LogP contribution in [0.4, 0.5) is 0 Å². The van der Waals surface area contributed by atoms with E-state index in [1.54, 1.807) is 0 Å². The van der Waals surface area contributed by atoms with Gasteiger partial charge in [0.25, 0.3) is 0 Å². The molecule has 0 aromatic heterocycles. The van der Waals surface area contributed by atoms with Gasteiger partial charge in [-0.15, -0.1) is 0 Å². The maximum Gasteiger partial charge on any atom is 1.00 e. The zero-order valence-corrected chi connectivity index (χ0v) is 18.9. The molecule has 0 aliphatic carbocycles. The number of hydrogen-bond donors (Lipinski definition) is 1. The molecule has 0 atom stereocenters. The van der Waals surface area contributed by atoms with Gasteiger partial charge >= 0.3 is 118 Å². The average Bonchev–Trinajstić information content (AvgIpc) is 1.56. The van der Waals surface area contributed by atoms with E-state index in [9.17, 15) is 28.7 Å². The molecule has 0 saturated carbocycles. The van der Waals surface area contributed by atoms with Crippen LogP contribution < -0.4 is 138 Å². The summed E-state index contributed by atoms with van der Waals surface area (Å²) < 4.78 is 19.9. The molecule has 0 saturated heterocycles. The van der Waals surface area contributed by atoms with Gasteiger partial charge in [-0.05, 0) is 0 Å². The third-order valence-corrected chi connectivity index (χ3v) is 4.38. The van der Waals surface area contributed by atoms with E-state index in [0.29, 0.717) is 0 Å². The van der Waals surface area contributed by atoms with Crippen LogP contribution in [0.5, 0.6) is 0 Å². The first kappa shape index (κ1) is 31.6. The molecule has 0 heterocycles. The molecule has 1 N–H and O–H groups in total. The predicted molar refractivity (Wildman–Crippen MR) is 26.1 cm³/mol. The van der Waals surface area contributed by atoms with E-state index in [-0.39, 0.29) is 118 Å². The molecule has 0 aromatic rings. The predicted octanol–water partition coefficient (Wildman–Crippen LogP) is -15.9. The van der Waals surface area contributed by atoms with Crippen molar-refractivity contribution in [1.29, 1.82) is 0 Å². The van der Waals surface area contributed by atoms with E-state index in [2.05, 4.69) is 0 Å². The Hall–Kier alpha value is 4.26. The molecule has 0 radical (unpaired) electrons. The molecule has 0 bridgehead atoms. The Morgan fingerprint density at radius 3 is 1.07 bits per heavy atom. The van der Waals surface area contributed by atoms with Crippen molar-refractivity contribution in [1.82, 2.24) is 0 Å². The smallest absolute Gasteiger partial charge is 0.810 e. The average molecular weight is 294 g/mol. The van der Waals surface area contributed by atoms with Crippen LogP contribution >= 0.6 is 15.2 Å². The molecule has 0 unspecified atom stereocenters. The second-order valence-electron chi connectivity index (χ2n) is 1.74. The molecule has 68 valence electrons. The van der Waals surface area contributed by atoms with Gasteiger partial charge in [0.05, 0.1) is 6.61 Å². The fourth-order valence-corrected chi connectivity index (χ4v) is 2.16. The van der Waals surface area contributed by atoms with Crippen LogP contribution in [-0.2, 0) is 9.13 Å². The quantitative estimate of drug-likeness (QED) is 0.401. The van der Waals surface area contributed by atoms with Crippen molar-refractivity contribution in [3.05, 3.63) is 0 Å². The van der Waals surface area contributed by atoms with Gasteiger partial charge in [-0.1, -0.05) is 15.2 Å². The van der Waals surface area contributed by atoms with Crippen molar-refractivity contribution in [2.45, 2.75) is 5.40 Å². The van der Waals surface area contributed by atoms with Crippen molar-refractivity contribution >= 4 is 15.2 Å². The van der Waals surface area contributed by atoms with E-state index in [0.717, 1.165) is 0 Å². The molecule has 0 rings (SSSR count). The molecular formula is C2H4Na4O7P2. The third-order valence-electron chi connectivity index (χ3n) is 0.893. The number of aliphatic hydroxyl groups is 1. The minimum Gasteiger partial charge on any atom is -0.810 e. The summed E-state index contributed by atoms with van der Waals surface area (Å²) in [5.74, 6) is 0. The van der Waals surface area contributed by atoms with Gasteiger partial charge in [0.2, 0.25) is 0 Å². The van der Waals surface area contributed by atoms with Crippen LogP contribution in [0.1, 0.15) is 0 Å². The third kappa shape index (κ3) is 14.5. The van der Waals surface area contributed by atoms with E-state index in [1.807, 2.05) is 0 Å². The van der Waals surface area contributed by atoms with Gasteiger partial charge in [-0.3, -0.25) is 0 Å². The summed E-state index contributed by atoms with van der Waals surface area (Å²) >= 11 is 0. The number of rotatable bonds is 3. The van der Waals surface area contributed by atoms with Crippen molar-refractivity contribution in [3.63, 3.8) is 0 Å². The standard InChI is InChI=1S/C2H8O7P2.4Na/c3-1-2(10(4,5)6)11(7,8)9;;;;/h2-3H,1H2,(H2,4,5,6)(H2,7,8,9);;;;/q;4*+1/p-4. The minimum absolute atomic E-state index is 0. The van der Waals surface area contributed by atoms with Crippen molar-refractivity contribution < 1.29 is 152 Å². The van der Waals surface area contributed by atoms with Gasteiger partial charge in [0, 0.05) is 5.40 Å². The Balaban J connectivity index is -0.0000000833. The molecule has 0 fully saturated rings. The molecule has 13 heteroatoms. The van der Waals surface area contributed by atoms with E-state index in [1.165, 1.54) is 0 Å². The summed E-state index contributed by atoms with van der Waals surface area (Å²) in [4.78, 5) is 39.8. The zero-order valence-electron chi connectivity index (χ0n) is 9.08.